The first kappa shape index (κ1) is 25.3. The van der Waals surface area contributed by atoms with Crippen LogP contribution in [0.5, 0.6) is 11.5 Å². The standard InChI is InChI=1S/C28H42O3/c1-7-9-19-30-25-15-11-23(12-16-25)27(3,4)21-29-22-28(5,6)24-13-17-26(18-14-24)31-20-10-8-2/h11-18H,7-10,19-22H2,1-6H3. The van der Waals surface area contributed by atoms with Crippen LogP contribution in [0.3, 0.4) is 0 Å². The molecule has 0 radical (unpaired) electrons. The summed E-state index contributed by atoms with van der Waals surface area (Å²) in [7, 11) is 0. The third-order valence-corrected chi connectivity index (χ3v) is 5.73. The summed E-state index contributed by atoms with van der Waals surface area (Å²) in [6.07, 6.45) is 4.47. The third-order valence-electron chi connectivity index (χ3n) is 5.73. The zero-order chi connectivity index (χ0) is 22.7. The summed E-state index contributed by atoms with van der Waals surface area (Å²) < 4.78 is 17.8. The molecule has 0 spiro atoms. The summed E-state index contributed by atoms with van der Waals surface area (Å²) >= 11 is 0. The van der Waals surface area contributed by atoms with E-state index in [1.807, 2.05) is 0 Å². The predicted molar refractivity (Wildman–Crippen MR) is 131 cm³/mol. The number of ether oxygens (including phenoxy) is 3. The number of hydrogen-bond donors (Lipinski definition) is 0. The molecular formula is C28H42O3. The van der Waals surface area contributed by atoms with Crippen LogP contribution in [-0.2, 0) is 15.6 Å². The minimum Gasteiger partial charge on any atom is -0.494 e. The van der Waals surface area contributed by atoms with Crippen molar-refractivity contribution >= 4 is 0 Å². The van der Waals surface area contributed by atoms with Gasteiger partial charge in [0.2, 0.25) is 0 Å². The fourth-order valence-electron chi connectivity index (χ4n) is 3.40. The van der Waals surface area contributed by atoms with E-state index in [1.165, 1.54) is 11.1 Å². The topological polar surface area (TPSA) is 27.7 Å². The van der Waals surface area contributed by atoms with Crippen molar-refractivity contribution in [3.63, 3.8) is 0 Å². The molecule has 3 heteroatoms. The first-order chi connectivity index (χ1) is 14.8. The summed E-state index contributed by atoms with van der Waals surface area (Å²) in [6.45, 7) is 16.2. The van der Waals surface area contributed by atoms with Crippen LogP contribution in [0.2, 0.25) is 0 Å². The van der Waals surface area contributed by atoms with Gasteiger partial charge in [-0.1, -0.05) is 78.6 Å². The Morgan fingerprint density at radius 1 is 0.581 bits per heavy atom. The summed E-state index contributed by atoms with van der Waals surface area (Å²) in [5.74, 6) is 1.88. The van der Waals surface area contributed by atoms with E-state index in [2.05, 4.69) is 90.1 Å². The van der Waals surface area contributed by atoms with Gasteiger partial charge in [0.1, 0.15) is 11.5 Å². The third kappa shape index (κ3) is 8.22. The second-order valence-corrected chi connectivity index (χ2v) is 9.71. The molecular weight excluding hydrogens is 384 g/mol. The van der Waals surface area contributed by atoms with Crippen LogP contribution in [0.4, 0.5) is 0 Å². The van der Waals surface area contributed by atoms with Gasteiger partial charge in [0, 0.05) is 10.8 Å². The highest BCUT2D eigenvalue weighted by molar-refractivity contribution is 5.33. The van der Waals surface area contributed by atoms with E-state index in [1.54, 1.807) is 0 Å². The molecule has 172 valence electrons. The quantitative estimate of drug-likeness (QED) is 0.296. The van der Waals surface area contributed by atoms with Crippen molar-refractivity contribution in [2.45, 2.75) is 78.1 Å². The van der Waals surface area contributed by atoms with Crippen molar-refractivity contribution in [2.24, 2.45) is 0 Å². The van der Waals surface area contributed by atoms with Gasteiger partial charge < -0.3 is 14.2 Å². The Labute approximate surface area is 190 Å². The lowest BCUT2D eigenvalue weighted by Crippen LogP contribution is -2.30. The molecule has 0 unspecified atom stereocenters. The lowest BCUT2D eigenvalue weighted by atomic mass is 9.84. The van der Waals surface area contributed by atoms with Crippen molar-refractivity contribution in [2.75, 3.05) is 26.4 Å². The van der Waals surface area contributed by atoms with Crippen LogP contribution in [0.1, 0.15) is 78.4 Å². The highest BCUT2D eigenvalue weighted by Crippen LogP contribution is 2.29. The molecule has 0 heterocycles. The average Bonchev–Trinajstić information content (AvgIpc) is 2.75. The SMILES string of the molecule is CCCCOc1ccc(C(C)(C)COCC(C)(C)c2ccc(OCCCC)cc2)cc1. The van der Waals surface area contributed by atoms with Crippen molar-refractivity contribution in [1.29, 1.82) is 0 Å². The Kier molecular flexibility index (Phi) is 9.90. The van der Waals surface area contributed by atoms with Crippen LogP contribution in [-0.4, -0.2) is 26.4 Å². The molecule has 0 N–H and O–H groups in total. The molecule has 2 aromatic carbocycles. The fraction of sp³-hybridized carbons (Fsp3) is 0.571. The number of benzene rings is 2. The maximum absolute atomic E-state index is 6.23. The van der Waals surface area contributed by atoms with Gasteiger partial charge in [-0.05, 0) is 48.2 Å². The first-order valence-electron chi connectivity index (χ1n) is 11.8. The second-order valence-electron chi connectivity index (χ2n) is 9.71. The largest absolute Gasteiger partial charge is 0.494 e. The van der Waals surface area contributed by atoms with Gasteiger partial charge in [-0.2, -0.15) is 0 Å². The van der Waals surface area contributed by atoms with E-state index in [0.29, 0.717) is 13.2 Å². The second kappa shape index (κ2) is 12.1. The highest BCUT2D eigenvalue weighted by Gasteiger charge is 2.25. The van der Waals surface area contributed by atoms with Crippen LogP contribution >= 0.6 is 0 Å². The lowest BCUT2D eigenvalue weighted by molar-refractivity contribution is 0.0633. The summed E-state index contributed by atoms with van der Waals surface area (Å²) in [5.41, 5.74) is 2.41. The molecule has 0 aromatic heterocycles. The van der Waals surface area contributed by atoms with E-state index in [4.69, 9.17) is 14.2 Å². The van der Waals surface area contributed by atoms with Crippen LogP contribution < -0.4 is 9.47 Å². The van der Waals surface area contributed by atoms with E-state index in [9.17, 15) is 0 Å². The molecule has 2 aromatic rings. The van der Waals surface area contributed by atoms with Crippen LogP contribution in [0.15, 0.2) is 48.5 Å². The molecule has 0 saturated carbocycles. The fourth-order valence-corrected chi connectivity index (χ4v) is 3.40. The highest BCUT2D eigenvalue weighted by atomic mass is 16.5. The Morgan fingerprint density at radius 3 is 1.26 bits per heavy atom. The van der Waals surface area contributed by atoms with Gasteiger partial charge in [-0.3, -0.25) is 0 Å². The maximum atomic E-state index is 6.23. The molecule has 0 atom stereocenters. The van der Waals surface area contributed by atoms with Crippen LogP contribution in [0, 0.1) is 0 Å². The van der Waals surface area contributed by atoms with Crippen molar-refractivity contribution < 1.29 is 14.2 Å². The molecule has 3 nitrogen and oxygen atoms in total. The maximum Gasteiger partial charge on any atom is 0.119 e. The van der Waals surface area contributed by atoms with Gasteiger partial charge >= 0.3 is 0 Å². The van der Waals surface area contributed by atoms with Gasteiger partial charge in [-0.25, -0.2) is 0 Å². The molecule has 0 bridgehead atoms. The smallest absolute Gasteiger partial charge is 0.119 e. The summed E-state index contributed by atoms with van der Waals surface area (Å²) in [6, 6.07) is 16.9. The Hall–Kier alpha value is -2.00. The van der Waals surface area contributed by atoms with Gasteiger partial charge in [-0.15, -0.1) is 0 Å². The predicted octanol–water partition coefficient (Wildman–Crippen LogP) is 7.32. The number of rotatable bonds is 14. The lowest BCUT2D eigenvalue weighted by Gasteiger charge is -2.30. The van der Waals surface area contributed by atoms with E-state index in [-0.39, 0.29) is 10.8 Å². The van der Waals surface area contributed by atoms with Gasteiger partial charge in [0.05, 0.1) is 26.4 Å². The minimum absolute atomic E-state index is 0.0605. The van der Waals surface area contributed by atoms with E-state index in [0.717, 1.165) is 50.4 Å². The Balaban J connectivity index is 1.87. The molecule has 2 rings (SSSR count). The van der Waals surface area contributed by atoms with Crippen molar-refractivity contribution in [3.05, 3.63) is 59.7 Å². The minimum atomic E-state index is -0.0605. The molecule has 31 heavy (non-hydrogen) atoms. The van der Waals surface area contributed by atoms with Crippen LogP contribution in [0.25, 0.3) is 0 Å². The Morgan fingerprint density at radius 2 is 0.935 bits per heavy atom. The number of unbranched alkanes of at least 4 members (excludes halogenated alkanes) is 2. The molecule has 0 aliphatic carbocycles. The van der Waals surface area contributed by atoms with Crippen molar-refractivity contribution in [3.8, 4) is 11.5 Å². The molecule has 0 amide bonds. The number of hydrogen-bond acceptors (Lipinski definition) is 3. The molecule has 0 aliphatic heterocycles. The summed E-state index contributed by atoms with van der Waals surface area (Å²) in [4.78, 5) is 0. The van der Waals surface area contributed by atoms with E-state index < -0.39 is 0 Å². The summed E-state index contributed by atoms with van der Waals surface area (Å²) in [5, 5.41) is 0. The van der Waals surface area contributed by atoms with E-state index >= 15 is 0 Å². The molecule has 0 aliphatic rings. The van der Waals surface area contributed by atoms with Gasteiger partial charge in [0.15, 0.2) is 0 Å². The monoisotopic (exact) mass is 426 g/mol. The van der Waals surface area contributed by atoms with Crippen molar-refractivity contribution in [1.82, 2.24) is 0 Å². The first-order valence-corrected chi connectivity index (χ1v) is 11.8. The molecule has 0 fully saturated rings. The Bertz CT molecular complexity index is 679. The zero-order valence-electron chi connectivity index (χ0n) is 20.5. The zero-order valence-corrected chi connectivity index (χ0v) is 20.5. The van der Waals surface area contributed by atoms with Gasteiger partial charge in [0.25, 0.3) is 0 Å². The average molecular weight is 427 g/mol. The molecule has 0 saturated heterocycles. The normalized spacial score (nSPS) is 12.1.